The molecule has 28 heavy (non-hydrogen) atoms. The van der Waals surface area contributed by atoms with Crippen molar-refractivity contribution in [1.82, 2.24) is 20.6 Å². The first-order valence-corrected chi connectivity index (χ1v) is 8.23. The number of nitrogens with two attached hydrogens (primary N) is 3. The van der Waals surface area contributed by atoms with Crippen molar-refractivity contribution in [1.29, 1.82) is 0 Å². The number of carbonyl (C=O) groups is 5. The second kappa shape index (κ2) is 10.6. The molecule has 13 heteroatoms. The fraction of sp³-hybridized carbons (Fsp3) is 0.467. The Labute approximate surface area is 159 Å². The monoisotopic (exact) mass is 397 g/mol. The number of aromatic amines is 1. The molecule has 4 amide bonds. The SMILES string of the molecule is NC(=O)CCC(NC(=O)C(Cc1cnc[nH]1)NC(=O)C(N)CC(N)=O)C(=O)O. The molecule has 3 atom stereocenters. The summed E-state index contributed by atoms with van der Waals surface area (Å²) in [6, 6.07) is -3.89. The Morgan fingerprint density at radius 3 is 2.21 bits per heavy atom. The van der Waals surface area contributed by atoms with Gasteiger partial charge in [-0.15, -0.1) is 0 Å². The lowest BCUT2D eigenvalue weighted by Crippen LogP contribution is -2.55. The number of rotatable bonds is 12. The van der Waals surface area contributed by atoms with Crippen LogP contribution in [0.5, 0.6) is 0 Å². The van der Waals surface area contributed by atoms with Gasteiger partial charge >= 0.3 is 5.97 Å². The third-order valence-corrected chi connectivity index (χ3v) is 3.66. The number of carbonyl (C=O) groups excluding carboxylic acids is 4. The van der Waals surface area contributed by atoms with Crippen LogP contribution in [0.3, 0.4) is 0 Å². The Morgan fingerprint density at radius 1 is 1.07 bits per heavy atom. The van der Waals surface area contributed by atoms with E-state index < -0.39 is 54.1 Å². The summed E-state index contributed by atoms with van der Waals surface area (Å²) in [5.74, 6) is -4.53. The van der Waals surface area contributed by atoms with Crippen molar-refractivity contribution in [2.24, 2.45) is 17.2 Å². The van der Waals surface area contributed by atoms with Gasteiger partial charge in [0.05, 0.1) is 18.8 Å². The summed E-state index contributed by atoms with van der Waals surface area (Å²) in [5, 5.41) is 13.8. The van der Waals surface area contributed by atoms with E-state index >= 15 is 0 Å². The summed E-state index contributed by atoms with van der Waals surface area (Å²) in [4.78, 5) is 64.3. The normalized spacial score (nSPS) is 13.8. The Kier molecular flexibility index (Phi) is 8.55. The van der Waals surface area contributed by atoms with Crippen LogP contribution in [0.4, 0.5) is 0 Å². The molecule has 0 aliphatic heterocycles. The van der Waals surface area contributed by atoms with E-state index in [-0.39, 0.29) is 19.3 Å². The van der Waals surface area contributed by atoms with E-state index in [9.17, 15) is 29.1 Å². The number of H-pyrrole nitrogens is 1. The highest BCUT2D eigenvalue weighted by atomic mass is 16.4. The molecule has 0 aromatic carbocycles. The van der Waals surface area contributed by atoms with E-state index in [4.69, 9.17) is 17.2 Å². The van der Waals surface area contributed by atoms with Crippen molar-refractivity contribution in [2.45, 2.75) is 43.8 Å². The van der Waals surface area contributed by atoms with Crippen LogP contribution in [0.15, 0.2) is 12.5 Å². The van der Waals surface area contributed by atoms with Gasteiger partial charge in [0, 0.05) is 24.7 Å². The van der Waals surface area contributed by atoms with Gasteiger partial charge in [0.25, 0.3) is 0 Å². The van der Waals surface area contributed by atoms with Gasteiger partial charge < -0.3 is 37.9 Å². The van der Waals surface area contributed by atoms with E-state index in [1.807, 2.05) is 0 Å². The summed E-state index contributed by atoms with van der Waals surface area (Å²) in [5.41, 5.74) is 16.0. The summed E-state index contributed by atoms with van der Waals surface area (Å²) >= 11 is 0. The van der Waals surface area contributed by atoms with Crippen LogP contribution in [0.25, 0.3) is 0 Å². The minimum absolute atomic E-state index is 0.0526. The van der Waals surface area contributed by atoms with Crippen molar-refractivity contribution < 1.29 is 29.1 Å². The largest absolute Gasteiger partial charge is 0.480 e. The van der Waals surface area contributed by atoms with Crippen LogP contribution in [0, 0.1) is 0 Å². The number of carboxylic acids is 1. The fourth-order valence-electron chi connectivity index (χ4n) is 2.23. The number of hydrogen-bond acceptors (Lipinski definition) is 7. The van der Waals surface area contributed by atoms with Gasteiger partial charge in [0.2, 0.25) is 23.6 Å². The number of carboxylic acid groups (broad SMARTS) is 1. The highest BCUT2D eigenvalue weighted by Gasteiger charge is 2.29. The maximum absolute atomic E-state index is 12.5. The van der Waals surface area contributed by atoms with Crippen LogP contribution < -0.4 is 27.8 Å². The Balaban J connectivity index is 2.88. The molecule has 10 N–H and O–H groups in total. The minimum Gasteiger partial charge on any atom is -0.480 e. The molecule has 1 aromatic rings. The number of amides is 4. The molecular weight excluding hydrogens is 374 g/mol. The van der Waals surface area contributed by atoms with Gasteiger partial charge in [-0.2, -0.15) is 0 Å². The summed E-state index contributed by atoms with van der Waals surface area (Å²) in [6.07, 6.45) is 1.82. The molecule has 0 saturated heterocycles. The van der Waals surface area contributed by atoms with Crippen molar-refractivity contribution in [3.8, 4) is 0 Å². The predicted octanol–water partition coefficient (Wildman–Crippen LogP) is -3.53. The van der Waals surface area contributed by atoms with Crippen molar-refractivity contribution in [3.05, 3.63) is 18.2 Å². The van der Waals surface area contributed by atoms with Gasteiger partial charge in [0.1, 0.15) is 12.1 Å². The summed E-state index contributed by atoms with van der Waals surface area (Å²) < 4.78 is 0. The van der Waals surface area contributed by atoms with E-state index in [0.717, 1.165) is 0 Å². The molecule has 1 aromatic heterocycles. The minimum atomic E-state index is -1.39. The van der Waals surface area contributed by atoms with Crippen LogP contribution in [0.1, 0.15) is 25.0 Å². The molecule has 0 bridgehead atoms. The molecule has 0 aliphatic rings. The smallest absolute Gasteiger partial charge is 0.326 e. The van der Waals surface area contributed by atoms with Crippen molar-refractivity contribution in [2.75, 3.05) is 0 Å². The van der Waals surface area contributed by atoms with Gasteiger partial charge in [0.15, 0.2) is 0 Å². The Bertz CT molecular complexity index is 720. The topological polar surface area (TPSA) is 236 Å². The maximum Gasteiger partial charge on any atom is 0.326 e. The van der Waals surface area contributed by atoms with Gasteiger partial charge in [-0.3, -0.25) is 19.2 Å². The van der Waals surface area contributed by atoms with Crippen LogP contribution >= 0.6 is 0 Å². The van der Waals surface area contributed by atoms with Crippen molar-refractivity contribution in [3.63, 3.8) is 0 Å². The van der Waals surface area contributed by atoms with E-state index in [1.54, 1.807) is 0 Å². The lowest BCUT2D eigenvalue weighted by molar-refractivity contribution is -0.142. The van der Waals surface area contributed by atoms with E-state index in [0.29, 0.717) is 5.69 Å². The zero-order chi connectivity index (χ0) is 21.3. The number of nitrogens with one attached hydrogen (secondary N) is 3. The van der Waals surface area contributed by atoms with Gasteiger partial charge in [-0.25, -0.2) is 9.78 Å². The van der Waals surface area contributed by atoms with Crippen molar-refractivity contribution >= 4 is 29.6 Å². The highest BCUT2D eigenvalue weighted by Crippen LogP contribution is 2.03. The first-order valence-electron chi connectivity index (χ1n) is 8.23. The zero-order valence-electron chi connectivity index (χ0n) is 14.9. The van der Waals surface area contributed by atoms with Crippen LogP contribution in [-0.4, -0.2) is 62.8 Å². The molecular formula is C15H23N7O6. The molecule has 154 valence electrons. The standard InChI is InChI=1S/C15H23N7O6/c16-8(4-12(18)24)13(25)22-10(3-7-5-19-6-20-7)14(26)21-9(15(27)28)1-2-11(17)23/h5-6,8-10H,1-4,16H2,(H2,17,23)(H2,18,24)(H,19,20)(H,21,26)(H,22,25)(H,27,28). The first-order chi connectivity index (χ1) is 13.1. The summed E-state index contributed by atoms with van der Waals surface area (Å²) in [7, 11) is 0. The molecule has 0 radical (unpaired) electrons. The molecule has 0 aliphatic carbocycles. The zero-order valence-corrected chi connectivity index (χ0v) is 14.9. The molecule has 1 rings (SSSR count). The quantitative estimate of drug-likeness (QED) is 0.186. The number of aliphatic carboxylic acids is 1. The second-order valence-electron chi connectivity index (χ2n) is 6.02. The number of nitrogens with zero attached hydrogens (tertiary/aromatic N) is 1. The molecule has 13 nitrogen and oxygen atoms in total. The van der Waals surface area contributed by atoms with Crippen LogP contribution in [-0.2, 0) is 30.4 Å². The molecule has 0 saturated carbocycles. The fourth-order valence-corrected chi connectivity index (χ4v) is 2.23. The number of aromatic nitrogens is 2. The average Bonchev–Trinajstić information content (AvgIpc) is 3.09. The van der Waals surface area contributed by atoms with E-state index in [2.05, 4.69) is 20.6 Å². The molecule has 1 heterocycles. The van der Waals surface area contributed by atoms with Gasteiger partial charge in [-0.1, -0.05) is 0 Å². The maximum atomic E-state index is 12.5. The third-order valence-electron chi connectivity index (χ3n) is 3.66. The summed E-state index contributed by atoms with van der Waals surface area (Å²) in [6.45, 7) is 0. The number of imidazole rings is 1. The molecule has 0 fully saturated rings. The lowest BCUT2D eigenvalue weighted by atomic mass is 10.1. The average molecular weight is 397 g/mol. The highest BCUT2D eigenvalue weighted by molar-refractivity contribution is 5.93. The number of hydrogen-bond donors (Lipinski definition) is 7. The van der Waals surface area contributed by atoms with E-state index in [1.165, 1.54) is 12.5 Å². The first kappa shape index (κ1) is 22.6. The second-order valence-corrected chi connectivity index (χ2v) is 6.02. The Hall–Kier alpha value is -3.48. The molecule has 3 unspecified atom stereocenters. The number of primary amides is 2. The van der Waals surface area contributed by atoms with Crippen LogP contribution in [0.2, 0.25) is 0 Å². The third kappa shape index (κ3) is 7.82. The Morgan fingerprint density at radius 2 is 1.71 bits per heavy atom. The molecule has 0 spiro atoms. The predicted molar refractivity (Wildman–Crippen MR) is 94.0 cm³/mol. The van der Waals surface area contributed by atoms with Gasteiger partial charge in [-0.05, 0) is 6.42 Å². The lowest BCUT2D eigenvalue weighted by Gasteiger charge is -2.22.